The molecule has 18 heavy (non-hydrogen) atoms. The Hall–Kier alpha value is -2.69. The largest absolute Gasteiger partial charge is 0.277 e. The van der Waals surface area contributed by atoms with Gasteiger partial charge >= 0.3 is 0 Å². The monoisotopic (exact) mass is 237 g/mol. The van der Waals surface area contributed by atoms with E-state index in [9.17, 15) is 0 Å². The zero-order valence-corrected chi connectivity index (χ0v) is 9.56. The Morgan fingerprint density at radius 1 is 0.889 bits per heavy atom. The van der Waals surface area contributed by atoms with Crippen LogP contribution in [0.15, 0.2) is 60.2 Å². The van der Waals surface area contributed by atoms with E-state index in [2.05, 4.69) is 20.5 Å². The van der Waals surface area contributed by atoms with Gasteiger partial charge in [-0.3, -0.25) is 15.4 Å². The van der Waals surface area contributed by atoms with Gasteiger partial charge in [0.2, 0.25) is 0 Å². The van der Waals surface area contributed by atoms with Crippen molar-refractivity contribution in [3.8, 4) is 0 Å². The molecule has 0 fully saturated rings. The molecular formula is C13H11N5. The summed E-state index contributed by atoms with van der Waals surface area (Å²) >= 11 is 0. The van der Waals surface area contributed by atoms with E-state index in [4.69, 9.17) is 0 Å². The SMILES string of the molecule is C1=NN(c2ccncc2)NC(c2ccncc2)=C1. The maximum Gasteiger partial charge on any atom is 0.0864 e. The minimum Gasteiger partial charge on any atom is -0.277 e. The lowest BCUT2D eigenvalue weighted by molar-refractivity contribution is 0.790. The normalized spacial score (nSPS) is 14.0. The Labute approximate surface area is 104 Å². The van der Waals surface area contributed by atoms with Crippen molar-refractivity contribution in [2.45, 2.75) is 0 Å². The lowest BCUT2D eigenvalue weighted by atomic mass is 10.2. The van der Waals surface area contributed by atoms with Crippen molar-refractivity contribution in [3.05, 3.63) is 60.7 Å². The van der Waals surface area contributed by atoms with E-state index in [0.29, 0.717) is 0 Å². The van der Waals surface area contributed by atoms with Crippen molar-refractivity contribution in [1.82, 2.24) is 15.4 Å². The van der Waals surface area contributed by atoms with Crippen molar-refractivity contribution >= 4 is 17.6 Å². The fourth-order valence-electron chi connectivity index (χ4n) is 1.66. The molecule has 1 N–H and O–H groups in total. The molecule has 5 nitrogen and oxygen atoms in total. The molecule has 0 amide bonds. The molecule has 3 heterocycles. The van der Waals surface area contributed by atoms with E-state index in [1.165, 1.54) is 0 Å². The Kier molecular flexibility index (Phi) is 2.71. The first kappa shape index (κ1) is 10.5. The van der Waals surface area contributed by atoms with Gasteiger partial charge in [0.15, 0.2) is 0 Å². The van der Waals surface area contributed by atoms with Crippen LogP contribution in [0.5, 0.6) is 0 Å². The minimum absolute atomic E-state index is 0.931. The molecule has 0 spiro atoms. The van der Waals surface area contributed by atoms with Gasteiger partial charge in [-0.05, 0) is 30.3 Å². The van der Waals surface area contributed by atoms with Crippen LogP contribution in [0.25, 0.3) is 5.70 Å². The van der Waals surface area contributed by atoms with Gasteiger partial charge in [0.25, 0.3) is 0 Å². The molecule has 0 atom stereocenters. The Morgan fingerprint density at radius 2 is 1.56 bits per heavy atom. The topological polar surface area (TPSA) is 53.4 Å². The summed E-state index contributed by atoms with van der Waals surface area (Å²) in [4.78, 5) is 8.00. The number of hydrogen-bond donors (Lipinski definition) is 1. The highest BCUT2D eigenvalue weighted by Gasteiger charge is 2.10. The highest BCUT2D eigenvalue weighted by molar-refractivity contribution is 5.86. The number of pyridine rings is 2. The number of nitrogens with zero attached hydrogens (tertiary/aromatic N) is 4. The Bertz CT molecular complexity index is 577. The first-order valence-electron chi connectivity index (χ1n) is 5.55. The van der Waals surface area contributed by atoms with E-state index < -0.39 is 0 Å². The number of hydrazine groups is 1. The molecule has 2 aromatic rings. The van der Waals surface area contributed by atoms with Crippen LogP contribution in [0.4, 0.5) is 5.69 Å². The molecule has 0 saturated carbocycles. The summed E-state index contributed by atoms with van der Waals surface area (Å²) in [6, 6.07) is 7.67. The lowest BCUT2D eigenvalue weighted by Crippen LogP contribution is -2.34. The number of nitrogens with one attached hydrogen (secondary N) is 1. The lowest BCUT2D eigenvalue weighted by Gasteiger charge is -2.24. The number of anilines is 1. The van der Waals surface area contributed by atoms with Crippen LogP contribution in [0.1, 0.15) is 5.56 Å². The van der Waals surface area contributed by atoms with E-state index >= 15 is 0 Å². The van der Waals surface area contributed by atoms with Crippen LogP contribution >= 0.6 is 0 Å². The highest BCUT2D eigenvalue weighted by atomic mass is 15.7. The van der Waals surface area contributed by atoms with Crippen molar-refractivity contribution in [2.75, 3.05) is 5.12 Å². The van der Waals surface area contributed by atoms with Gasteiger partial charge in [-0.2, -0.15) is 10.2 Å². The van der Waals surface area contributed by atoms with Crippen LogP contribution in [0, 0.1) is 0 Å². The van der Waals surface area contributed by atoms with Gasteiger partial charge in [0.1, 0.15) is 0 Å². The molecule has 5 heteroatoms. The summed E-state index contributed by atoms with van der Waals surface area (Å²) in [6.07, 6.45) is 10.7. The molecule has 0 aromatic carbocycles. The Balaban J connectivity index is 1.85. The minimum atomic E-state index is 0.931. The second-order valence-electron chi connectivity index (χ2n) is 3.71. The Morgan fingerprint density at radius 3 is 2.28 bits per heavy atom. The predicted molar refractivity (Wildman–Crippen MR) is 70.6 cm³/mol. The first-order chi connectivity index (χ1) is 8.93. The van der Waals surface area contributed by atoms with Crippen LogP contribution < -0.4 is 10.5 Å². The van der Waals surface area contributed by atoms with Crippen LogP contribution in [0.2, 0.25) is 0 Å². The van der Waals surface area contributed by atoms with Crippen molar-refractivity contribution < 1.29 is 0 Å². The summed E-state index contributed by atoms with van der Waals surface area (Å²) < 4.78 is 0. The fraction of sp³-hybridized carbons (Fsp3) is 0. The number of aromatic nitrogens is 2. The molecule has 1 aliphatic heterocycles. The third-order valence-corrected chi connectivity index (χ3v) is 2.55. The van der Waals surface area contributed by atoms with Gasteiger partial charge < -0.3 is 0 Å². The molecule has 1 aliphatic rings. The smallest absolute Gasteiger partial charge is 0.0864 e. The number of hydrazone groups is 1. The predicted octanol–water partition coefficient (Wildman–Crippen LogP) is 1.83. The zero-order valence-electron chi connectivity index (χ0n) is 9.56. The summed E-state index contributed by atoms with van der Waals surface area (Å²) in [6.45, 7) is 0. The zero-order chi connectivity index (χ0) is 12.2. The van der Waals surface area contributed by atoms with Crippen molar-refractivity contribution in [3.63, 3.8) is 0 Å². The molecule has 88 valence electrons. The molecule has 0 saturated heterocycles. The molecular weight excluding hydrogens is 226 g/mol. The first-order valence-corrected chi connectivity index (χ1v) is 5.55. The van der Waals surface area contributed by atoms with E-state index in [1.54, 1.807) is 36.1 Å². The molecule has 2 aromatic heterocycles. The van der Waals surface area contributed by atoms with Crippen LogP contribution in [0.3, 0.4) is 0 Å². The van der Waals surface area contributed by atoms with Gasteiger partial charge in [0, 0.05) is 30.4 Å². The van der Waals surface area contributed by atoms with Gasteiger partial charge in [-0.15, -0.1) is 0 Å². The maximum atomic E-state index is 4.25. The highest BCUT2D eigenvalue weighted by Crippen LogP contribution is 2.17. The quantitative estimate of drug-likeness (QED) is 0.865. The second kappa shape index (κ2) is 4.67. The second-order valence-corrected chi connectivity index (χ2v) is 3.71. The molecule has 3 rings (SSSR count). The summed E-state index contributed by atoms with van der Waals surface area (Å²) in [5.74, 6) is 0. The van der Waals surface area contributed by atoms with Crippen LogP contribution in [-0.4, -0.2) is 16.2 Å². The summed E-state index contributed by atoms with van der Waals surface area (Å²) in [7, 11) is 0. The molecule has 0 radical (unpaired) electrons. The van der Waals surface area contributed by atoms with Gasteiger partial charge in [0.05, 0.1) is 17.6 Å². The third-order valence-electron chi connectivity index (χ3n) is 2.55. The summed E-state index contributed by atoms with van der Waals surface area (Å²) in [5.41, 5.74) is 6.20. The average molecular weight is 237 g/mol. The molecule has 0 bridgehead atoms. The maximum absolute atomic E-state index is 4.25. The van der Waals surface area contributed by atoms with Gasteiger partial charge in [-0.1, -0.05) is 0 Å². The molecule has 0 aliphatic carbocycles. The third kappa shape index (κ3) is 2.06. The number of allylic oxidation sites excluding steroid dienone is 1. The van der Waals surface area contributed by atoms with Crippen molar-refractivity contribution in [2.24, 2.45) is 5.10 Å². The summed E-state index contributed by atoms with van der Waals surface area (Å²) in [5, 5.41) is 5.96. The number of hydrogen-bond acceptors (Lipinski definition) is 5. The van der Waals surface area contributed by atoms with E-state index in [0.717, 1.165) is 16.9 Å². The standard InChI is InChI=1S/C13H11N5/c1-6-14-7-2-11(1)13-5-10-16-18(17-13)12-3-8-15-9-4-12/h1-10,17H. The average Bonchev–Trinajstić information content (AvgIpc) is 2.49. The van der Waals surface area contributed by atoms with Crippen molar-refractivity contribution in [1.29, 1.82) is 0 Å². The van der Waals surface area contributed by atoms with Crippen LogP contribution in [-0.2, 0) is 0 Å². The molecule has 0 unspecified atom stereocenters. The van der Waals surface area contributed by atoms with Gasteiger partial charge in [-0.25, -0.2) is 0 Å². The van der Waals surface area contributed by atoms with E-state index in [1.807, 2.05) is 30.3 Å². The fourth-order valence-corrected chi connectivity index (χ4v) is 1.66. The van der Waals surface area contributed by atoms with E-state index in [-0.39, 0.29) is 0 Å². The number of rotatable bonds is 2.